The van der Waals surface area contributed by atoms with Gasteiger partial charge in [0.2, 0.25) is 11.9 Å². The number of primary amides is 1. The number of amides is 1. The monoisotopic (exact) mass is 396 g/mol. The highest BCUT2D eigenvalue weighted by Gasteiger charge is 2.32. The number of carbonyl (C=O) groups is 1. The van der Waals surface area contributed by atoms with Crippen LogP contribution in [0.2, 0.25) is 5.02 Å². The molecule has 1 unspecified atom stereocenters. The van der Waals surface area contributed by atoms with Gasteiger partial charge in [0.1, 0.15) is 18.4 Å². The fraction of sp³-hybridized carbons (Fsp3) is 0.158. The Morgan fingerprint density at radius 2 is 2.07 bits per heavy atom. The number of rotatable bonds is 5. The van der Waals surface area contributed by atoms with Crippen molar-refractivity contribution < 1.29 is 9.53 Å². The summed E-state index contributed by atoms with van der Waals surface area (Å²) in [5.74, 6) is 0.613. The maximum Gasteiger partial charge on any atom is 0.248 e. The van der Waals surface area contributed by atoms with Crippen LogP contribution < -0.4 is 15.8 Å². The number of ether oxygens (including phenoxy) is 1. The summed E-state index contributed by atoms with van der Waals surface area (Å²) in [6.07, 6.45) is 0. The number of anilines is 1. The van der Waals surface area contributed by atoms with Gasteiger partial charge in [0.05, 0.1) is 5.57 Å². The summed E-state index contributed by atoms with van der Waals surface area (Å²) in [4.78, 5) is 12.0. The first-order valence-electron chi connectivity index (χ1n) is 8.55. The molecule has 2 heterocycles. The minimum atomic E-state index is -0.530. The van der Waals surface area contributed by atoms with Crippen LogP contribution >= 0.6 is 11.6 Å². The van der Waals surface area contributed by atoms with E-state index >= 15 is 0 Å². The molecule has 3 N–H and O–H groups in total. The van der Waals surface area contributed by atoms with Gasteiger partial charge in [-0.05, 0) is 52.7 Å². The average molecular weight is 397 g/mol. The van der Waals surface area contributed by atoms with Crippen LogP contribution in [-0.4, -0.2) is 26.1 Å². The molecule has 1 aliphatic rings. The zero-order valence-corrected chi connectivity index (χ0v) is 15.7. The third-order valence-electron chi connectivity index (χ3n) is 4.47. The molecular formula is C19H17ClN6O2. The lowest BCUT2D eigenvalue weighted by Crippen LogP contribution is -2.31. The lowest BCUT2D eigenvalue weighted by Gasteiger charge is -2.26. The Morgan fingerprint density at radius 3 is 2.79 bits per heavy atom. The van der Waals surface area contributed by atoms with E-state index in [4.69, 9.17) is 22.1 Å². The first-order chi connectivity index (χ1) is 13.5. The SMILES string of the molecule is CC1=C(C(N)=O)C(c2ccc(OCc3cccc(Cl)c3)cc2)n2nnnc2N1. The number of aromatic nitrogens is 4. The summed E-state index contributed by atoms with van der Waals surface area (Å²) in [6.45, 7) is 2.17. The lowest BCUT2D eigenvalue weighted by atomic mass is 9.95. The average Bonchev–Trinajstić information content (AvgIpc) is 3.13. The van der Waals surface area contributed by atoms with Gasteiger partial charge in [-0.2, -0.15) is 4.68 Å². The minimum absolute atomic E-state index is 0.399. The van der Waals surface area contributed by atoms with Crippen molar-refractivity contribution in [3.05, 3.63) is 76.0 Å². The summed E-state index contributed by atoms with van der Waals surface area (Å²) in [5, 5.41) is 15.3. The molecule has 2 aromatic carbocycles. The first kappa shape index (κ1) is 18.0. The van der Waals surface area contributed by atoms with Crippen molar-refractivity contribution in [1.29, 1.82) is 0 Å². The Kier molecular flexibility index (Phi) is 4.70. The van der Waals surface area contributed by atoms with Gasteiger partial charge in [0.15, 0.2) is 0 Å². The highest BCUT2D eigenvalue weighted by molar-refractivity contribution is 6.30. The van der Waals surface area contributed by atoms with E-state index in [1.807, 2.05) is 48.5 Å². The summed E-state index contributed by atoms with van der Waals surface area (Å²) in [7, 11) is 0. The van der Waals surface area contributed by atoms with E-state index < -0.39 is 11.9 Å². The van der Waals surface area contributed by atoms with E-state index in [-0.39, 0.29) is 0 Å². The second-order valence-electron chi connectivity index (χ2n) is 6.37. The van der Waals surface area contributed by atoms with Crippen LogP contribution in [-0.2, 0) is 11.4 Å². The van der Waals surface area contributed by atoms with E-state index in [2.05, 4.69) is 20.8 Å². The number of hydrogen-bond acceptors (Lipinski definition) is 6. The summed E-state index contributed by atoms with van der Waals surface area (Å²) < 4.78 is 7.35. The van der Waals surface area contributed by atoms with Gasteiger partial charge in [-0.15, -0.1) is 0 Å². The Bertz CT molecular complexity index is 1060. The van der Waals surface area contributed by atoms with Crippen LogP contribution in [0, 0.1) is 0 Å². The predicted molar refractivity (Wildman–Crippen MR) is 104 cm³/mol. The van der Waals surface area contributed by atoms with Crippen molar-refractivity contribution in [2.45, 2.75) is 19.6 Å². The molecule has 0 aliphatic carbocycles. The quantitative estimate of drug-likeness (QED) is 0.686. The fourth-order valence-electron chi connectivity index (χ4n) is 3.18. The number of hydrogen-bond donors (Lipinski definition) is 2. The second kappa shape index (κ2) is 7.32. The van der Waals surface area contributed by atoms with Crippen molar-refractivity contribution in [3.8, 4) is 5.75 Å². The van der Waals surface area contributed by atoms with E-state index in [0.717, 1.165) is 11.1 Å². The molecule has 9 heteroatoms. The van der Waals surface area contributed by atoms with E-state index in [1.165, 1.54) is 4.68 Å². The van der Waals surface area contributed by atoms with Crippen LogP contribution in [0.5, 0.6) is 5.75 Å². The minimum Gasteiger partial charge on any atom is -0.489 e. The summed E-state index contributed by atoms with van der Waals surface area (Å²) in [5.41, 5.74) is 8.44. The van der Waals surface area contributed by atoms with Crippen molar-refractivity contribution in [2.75, 3.05) is 5.32 Å². The molecule has 1 aromatic heterocycles. The van der Waals surface area contributed by atoms with Gasteiger partial charge in [-0.1, -0.05) is 41.0 Å². The zero-order chi connectivity index (χ0) is 19.7. The molecule has 0 spiro atoms. The van der Waals surface area contributed by atoms with Crippen LogP contribution in [0.4, 0.5) is 5.95 Å². The van der Waals surface area contributed by atoms with Gasteiger partial charge in [-0.25, -0.2) is 0 Å². The number of nitrogens with one attached hydrogen (secondary N) is 1. The number of fused-ring (bicyclic) bond motifs is 1. The molecule has 0 fully saturated rings. The Balaban J connectivity index is 1.58. The molecular weight excluding hydrogens is 380 g/mol. The Labute approximate surface area is 165 Å². The van der Waals surface area contributed by atoms with E-state index in [1.54, 1.807) is 6.92 Å². The molecule has 8 nitrogen and oxygen atoms in total. The Hall–Kier alpha value is -3.39. The van der Waals surface area contributed by atoms with Crippen molar-refractivity contribution >= 4 is 23.5 Å². The second-order valence-corrected chi connectivity index (χ2v) is 6.80. The number of nitrogens with zero attached hydrogens (tertiary/aromatic N) is 4. The molecule has 0 bridgehead atoms. The van der Waals surface area contributed by atoms with Crippen LogP contribution in [0.3, 0.4) is 0 Å². The molecule has 0 radical (unpaired) electrons. The smallest absolute Gasteiger partial charge is 0.248 e. The van der Waals surface area contributed by atoms with E-state index in [0.29, 0.717) is 34.6 Å². The van der Waals surface area contributed by atoms with Crippen LogP contribution in [0.1, 0.15) is 24.1 Å². The van der Waals surface area contributed by atoms with Crippen molar-refractivity contribution in [3.63, 3.8) is 0 Å². The molecule has 1 atom stereocenters. The maximum absolute atomic E-state index is 12.0. The number of allylic oxidation sites excluding steroid dienone is 1. The fourth-order valence-corrected chi connectivity index (χ4v) is 3.39. The molecule has 0 saturated carbocycles. The van der Waals surface area contributed by atoms with Gasteiger partial charge in [-0.3, -0.25) is 4.79 Å². The van der Waals surface area contributed by atoms with Gasteiger partial charge >= 0.3 is 0 Å². The van der Waals surface area contributed by atoms with Gasteiger partial charge < -0.3 is 15.8 Å². The highest BCUT2D eigenvalue weighted by Crippen LogP contribution is 2.34. The third kappa shape index (κ3) is 3.41. The maximum atomic E-state index is 12.0. The Morgan fingerprint density at radius 1 is 1.29 bits per heavy atom. The molecule has 1 aliphatic heterocycles. The third-order valence-corrected chi connectivity index (χ3v) is 4.71. The number of benzene rings is 2. The number of halogens is 1. The zero-order valence-electron chi connectivity index (χ0n) is 15.0. The first-order valence-corrected chi connectivity index (χ1v) is 8.93. The van der Waals surface area contributed by atoms with Crippen LogP contribution in [0.25, 0.3) is 0 Å². The molecule has 4 rings (SSSR count). The lowest BCUT2D eigenvalue weighted by molar-refractivity contribution is -0.115. The number of tetrazole rings is 1. The predicted octanol–water partition coefficient (Wildman–Crippen LogP) is 2.68. The standard InChI is InChI=1S/C19H17ClN6O2/c1-11-16(18(21)27)17(26-19(22-11)23-24-25-26)13-5-7-15(8-6-13)28-10-12-3-2-4-14(20)9-12/h2-9,17H,10H2,1H3,(H2,21,27)(H,22,23,25). The molecule has 1 amide bonds. The highest BCUT2D eigenvalue weighted by atomic mass is 35.5. The van der Waals surface area contributed by atoms with E-state index in [9.17, 15) is 4.79 Å². The molecule has 0 saturated heterocycles. The summed E-state index contributed by atoms with van der Waals surface area (Å²) >= 11 is 6.00. The van der Waals surface area contributed by atoms with Gasteiger partial charge in [0, 0.05) is 10.7 Å². The largest absolute Gasteiger partial charge is 0.489 e. The molecule has 28 heavy (non-hydrogen) atoms. The summed E-state index contributed by atoms with van der Waals surface area (Å²) in [6, 6.07) is 14.4. The van der Waals surface area contributed by atoms with Crippen molar-refractivity contribution in [1.82, 2.24) is 20.2 Å². The van der Waals surface area contributed by atoms with Gasteiger partial charge in [0.25, 0.3) is 0 Å². The topological polar surface area (TPSA) is 108 Å². The molecule has 3 aromatic rings. The molecule has 142 valence electrons. The number of carbonyl (C=O) groups excluding carboxylic acids is 1. The van der Waals surface area contributed by atoms with Crippen molar-refractivity contribution in [2.24, 2.45) is 5.73 Å². The van der Waals surface area contributed by atoms with Crippen LogP contribution in [0.15, 0.2) is 59.8 Å². The number of nitrogens with two attached hydrogens (primary N) is 1. The normalized spacial score (nSPS) is 15.7.